The Labute approximate surface area is 153 Å². The number of benzene rings is 1. The second kappa shape index (κ2) is 5.98. The average Bonchev–Trinajstić information content (AvgIpc) is 3.51. The SMILES string of the molecule is N#Cc1cc(N2CCC3C(CCC(=O)N3C3CC3)C2)nc2ccccc12. The van der Waals surface area contributed by atoms with E-state index in [0.717, 1.165) is 42.7 Å². The smallest absolute Gasteiger partial charge is 0.223 e. The molecule has 1 aromatic carbocycles. The van der Waals surface area contributed by atoms with E-state index < -0.39 is 0 Å². The molecule has 2 unspecified atom stereocenters. The molecule has 5 rings (SSSR count). The first-order valence-corrected chi connectivity index (χ1v) is 9.60. The average molecular weight is 346 g/mol. The number of amides is 1. The number of hydrogen-bond acceptors (Lipinski definition) is 4. The quantitative estimate of drug-likeness (QED) is 0.838. The van der Waals surface area contributed by atoms with Crippen LogP contribution in [0.15, 0.2) is 30.3 Å². The molecule has 5 nitrogen and oxygen atoms in total. The first-order chi connectivity index (χ1) is 12.7. The number of nitrogens with zero attached hydrogens (tertiary/aromatic N) is 4. The summed E-state index contributed by atoms with van der Waals surface area (Å²) in [6.45, 7) is 1.82. The van der Waals surface area contributed by atoms with Gasteiger partial charge in [0.1, 0.15) is 5.82 Å². The van der Waals surface area contributed by atoms with Gasteiger partial charge in [-0.3, -0.25) is 4.79 Å². The molecule has 1 aliphatic carbocycles. The molecule has 1 amide bonds. The van der Waals surface area contributed by atoms with Gasteiger partial charge >= 0.3 is 0 Å². The lowest BCUT2D eigenvalue weighted by Gasteiger charge is -2.47. The van der Waals surface area contributed by atoms with E-state index >= 15 is 0 Å². The Balaban J connectivity index is 1.43. The molecule has 132 valence electrons. The number of anilines is 1. The predicted molar refractivity (Wildman–Crippen MR) is 99.7 cm³/mol. The number of hydrogen-bond donors (Lipinski definition) is 0. The van der Waals surface area contributed by atoms with E-state index in [2.05, 4.69) is 15.9 Å². The zero-order chi connectivity index (χ0) is 17.7. The summed E-state index contributed by atoms with van der Waals surface area (Å²) in [5.74, 6) is 1.77. The molecule has 5 heteroatoms. The zero-order valence-corrected chi connectivity index (χ0v) is 14.8. The van der Waals surface area contributed by atoms with Crippen LogP contribution in [-0.4, -0.2) is 41.0 Å². The van der Waals surface area contributed by atoms with Gasteiger partial charge in [0.05, 0.1) is 17.1 Å². The minimum Gasteiger partial charge on any atom is -0.356 e. The standard InChI is InChI=1S/C21H22N4O/c22-12-15-11-20(23-18-4-2-1-3-17(15)18)24-10-9-19-14(13-24)5-8-21(26)25(19)16-6-7-16/h1-4,11,14,16,19H,5-10,13H2. The van der Waals surface area contributed by atoms with Gasteiger partial charge in [-0.25, -0.2) is 4.98 Å². The Hall–Kier alpha value is -2.61. The van der Waals surface area contributed by atoms with Crippen LogP contribution in [0, 0.1) is 17.2 Å². The number of carbonyl (C=O) groups excluding carboxylic acids is 1. The monoisotopic (exact) mass is 346 g/mol. The summed E-state index contributed by atoms with van der Waals surface area (Å²) in [7, 11) is 0. The van der Waals surface area contributed by atoms with Crippen molar-refractivity contribution in [3.05, 3.63) is 35.9 Å². The maximum atomic E-state index is 12.4. The van der Waals surface area contributed by atoms with Crippen molar-refractivity contribution in [2.45, 2.75) is 44.2 Å². The Morgan fingerprint density at radius 1 is 1.15 bits per heavy atom. The summed E-state index contributed by atoms with van der Waals surface area (Å²) in [6, 6.07) is 13.0. The van der Waals surface area contributed by atoms with E-state index in [1.807, 2.05) is 30.3 Å². The van der Waals surface area contributed by atoms with E-state index in [9.17, 15) is 10.1 Å². The van der Waals surface area contributed by atoms with Crippen LogP contribution in [-0.2, 0) is 4.79 Å². The third-order valence-corrected chi connectivity index (χ3v) is 6.16. The molecule has 0 N–H and O–H groups in total. The maximum absolute atomic E-state index is 12.4. The normalized spacial score (nSPS) is 25.9. The topological polar surface area (TPSA) is 60.2 Å². The number of fused-ring (bicyclic) bond motifs is 2. The fourth-order valence-corrected chi connectivity index (χ4v) is 4.74. The number of carbonyl (C=O) groups is 1. The lowest BCUT2D eigenvalue weighted by molar-refractivity contribution is -0.140. The number of nitriles is 1. The van der Waals surface area contributed by atoms with Crippen LogP contribution < -0.4 is 4.90 Å². The second-order valence-electron chi connectivity index (χ2n) is 7.79. The molecule has 26 heavy (non-hydrogen) atoms. The van der Waals surface area contributed by atoms with Crippen LogP contribution in [0.2, 0.25) is 0 Å². The summed E-state index contributed by atoms with van der Waals surface area (Å²) in [5.41, 5.74) is 1.56. The molecular weight excluding hydrogens is 324 g/mol. The number of piperidine rings is 2. The summed E-state index contributed by atoms with van der Waals surface area (Å²) < 4.78 is 0. The van der Waals surface area contributed by atoms with Crippen molar-refractivity contribution in [1.82, 2.24) is 9.88 Å². The third kappa shape index (κ3) is 2.52. The molecule has 0 radical (unpaired) electrons. The molecule has 0 spiro atoms. The van der Waals surface area contributed by atoms with Crippen molar-refractivity contribution >= 4 is 22.6 Å². The number of likely N-dealkylation sites (tertiary alicyclic amines) is 1. The second-order valence-corrected chi connectivity index (χ2v) is 7.79. The van der Waals surface area contributed by atoms with Crippen LogP contribution in [0.25, 0.3) is 10.9 Å². The van der Waals surface area contributed by atoms with E-state index in [4.69, 9.17) is 4.98 Å². The van der Waals surface area contributed by atoms with E-state index in [0.29, 0.717) is 35.9 Å². The fourth-order valence-electron chi connectivity index (χ4n) is 4.74. The predicted octanol–water partition coefficient (Wildman–Crippen LogP) is 3.09. The van der Waals surface area contributed by atoms with Crippen LogP contribution in [0.3, 0.4) is 0 Å². The summed E-state index contributed by atoms with van der Waals surface area (Å²) in [5, 5.41) is 10.5. The molecule has 1 aromatic heterocycles. The number of aromatic nitrogens is 1. The first-order valence-electron chi connectivity index (χ1n) is 9.60. The Morgan fingerprint density at radius 2 is 2.00 bits per heavy atom. The van der Waals surface area contributed by atoms with Gasteiger partial charge in [-0.05, 0) is 43.7 Å². The minimum atomic E-state index is 0.359. The van der Waals surface area contributed by atoms with Crippen molar-refractivity contribution < 1.29 is 4.79 Å². The van der Waals surface area contributed by atoms with Gasteiger partial charge < -0.3 is 9.80 Å². The van der Waals surface area contributed by atoms with Gasteiger partial charge in [-0.15, -0.1) is 0 Å². The Bertz CT molecular complexity index is 914. The largest absolute Gasteiger partial charge is 0.356 e. The van der Waals surface area contributed by atoms with Gasteiger partial charge in [0.15, 0.2) is 0 Å². The van der Waals surface area contributed by atoms with Gasteiger partial charge in [-0.2, -0.15) is 5.26 Å². The molecule has 2 saturated heterocycles. The molecular formula is C21H22N4O. The summed E-state index contributed by atoms with van der Waals surface area (Å²) in [4.78, 5) is 21.7. The Kier molecular flexibility index (Phi) is 3.59. The highest BCUT2D eigenvalue weighted by molar-refractivity contribution is 5.86. The van der Waals surface area contributed by atoms with Crippen molar-refractivity contribution in [3.8, 4) is 6.07 Å². The molecule has 1 saturated carbocycles. The molecule has 3 fully saturated rings. The van der Waals surface area contributed by atoms with Gasteiger partial charge in [-0.1, -0.05) is 18.2 Å². The third-order valence-electron chi connectivity index (χ3n) is 6.16. The van der Waals surface area contributed by atoms with Crippen molar-refractivity contribution in [1.29, 1.82) is 5.26 Å². The highest BCUT2D eigenvalue weighted by Gasteiger charge is 2.45. The van der Waals surface area contributed by atoms with E-state index in [1.165, 1.54) is 12.8 Å². The highest BCUT2D eigenvalue weighted by Crippen LogP contribution is 2.39. The molecule has 3 aliphatic rings. The number of pyridine rings is 1. The molecule has 2 aromatic rings. The van der Waals surface area contributed by atoms with Crippen LogP contribution >= 0.6 is 0 Å². The molecule has 0 bridgehead atoms. The summed E-state index contributed by atoms with van der Waals surface area (Å²) >= 11 is 0. The number of rotatable bonds is 2. The van der Waals surface area contributed by atoms with E-state index in [1.54, 1.807) is 0 Å². The Morgan fingerprint density at radius 3 is 2.81 bits per heavy atom. The zero-order valence-electron chi connectivity index (χ0n) is 14.8. The van der Waals surface area contributed by atoms with Gasteiger partial charge in [0.25, 0.3) is 0 Å². The lowest BCUT2D eigenvalue weighted by atomic mass is 9.83. The van der Waals surface area contributed by atoms with Crippen molar-refractivity contribution in [3.63, 3.8) is 0 Å². The molecule has 2 atom stereocenters. The molecule has 2 aliphatic heterocycles. The number of para-hydroxylation sites is 1. The minimum absolute atomic E-state index is 0.359. The van der Waals surface area contributed by atoms with Crippen molar-refractivity contribution in [2.75, 3.05) is 18.0 Å². The van der Waals surface area contributed by atoms with Gasteiger partial charge in [0.2, 0.25) is 5.91 Å². The summed E-state index contributed by atoms with van der Waals surface area (Å²) in [6.07, 6.45) is 5.01. The highest BCUT2D eigenvalue weighted by atomic mass is 16.2. The van der Waals surface area contributed by atoms with Gasteiger partial charge in [0, 0.05) is 37.0 Å². The van der Waals surface area contributed by atoms with E-state index in [-0.39, 0.29) is 0 Å². The van der Waals surface area contributed by atoms with Crippen LogP contribution in [0.5, 0.6) is 0 Å². The fraction of sp³-hybridized carbons (Fsp3) is 0.476. The lowest BCUT2D eigenvalue weighted by Crippen LogP contribution is -2.56. The maximum Gasteiger partial charge on any atom is 0.223 e. The van der Waals surface area contributed by atoms with Crippen LogP contribution in [0.4, 0.5) is 5.82 Å². The molecule has 3 heterocycles. The van der Waals surface area contributed by atoms with Crippen LogP contribution in [0.1, 0.15) is 37.7 Å². The van der Waals surface area contributed by atoms with Crippen molar-refractivity contribution in [2.24, 2.45) is 5.92 Å². The first kappa shape index (κ1) is 15.6.